The molecule has 0 bridgehead atoms. The SMILES string of the molecule is Cc1cccc(C)c1-c1nc2c([nH]1)=CC1(C(=O)Nc3ccc4ccccc4c3)CC1C=2. The average molecular weight is 406 g/mol. The van der Waals surface area contributed by atoms with Crippen LogP contribution in [0.2, 0.25) is 0 Å². The Kier molecular flexibility index (Phi) is 3.75. The molecule has 1 fully saturated rings. The first-order chi connectivity index (χ1) is 15.0. The summed E-state index contributed by atoms with van der Waals surface area (Å²) in [6.45, 7) is 4.21. The van der Waals surface area contributed by atoms with E-state index in [0.717, 1.165) is 39.6 Å². The lowest BCUT2D eigenvalue weighted by Gasteiger charge is -2.14. The normalized spacial score (nSPS) is 20.9. The van der Waals surface area contributed by atoms with Gasteiger partial charge in [-0.2, -0.15) is 0 Å². The van der Waals surface area contributed by atoms with E-state index in [4.69, 9.17) is 4.98 Å². The summed E-state index contributed by atoms with van der Waals surface area (Å²) in [7, 11) is 0. The number of hydrogen-bond donors (Lipinski definition) is 2. The van der Waals surface area contributed by atoms with Gasteiger partial charge in [0.2, 0.25) is 5.91 Å². The highest BCUT2D eigenvalue weighted by Crippen LogP contribution is 2.56. The van der Waals surface area contributed by atoms with Crippen molar-refractivity contribution in [3.8, 4) is 11.4 Å². The summed E-state index contributed by atoms with van der Waals surface area (Å²) in [6, 6.07) is 20.5. The fourth-order valence-electron chi connectivity index (χ4n) is 4.91. The predicted octanol–water partition coefficient (Wildman–Crippen LogP) is 4.07. The Hall–Kier alpha value is -3.66. The van der Waals surface area contributed by atoms with Crippen LogP contribution >= 0.6 is 0 Å². The molecule has 1 heterocycles. The lowest BCUT2D eigenvalue weighted by Crippen LogP contribution is -2.34. The Morgan fingerprint density at radius 1 is 1.03 bits per heavy atom. The molecular weight excluding hydrogens is 382 g/mol. The van der Waals surface area contributed by atoms with Crippen LogP contribution < -0.4 is 16.0 Å². The summed E-state index contributed by atoms with van der Waals surface area (Å²) in [4.78, 5) is 21.6. The molecule has 2 N–H and O–H groups in total. The summed E-state index contributed by atoms with van der Waals surface area (Å²) in [6.07, 6.45) is 5.08. The minimum Gasteiger partial charge on any atom is -0.338 e. The monoisotopic (exact) mass is 405 g/mol. The van der Waals surface area contributed by atoms with Gasteiger partial charge >= 0.3 is 0 Å². The van der Waals surface area contributed by atoms with Gasteiger partial charge in [0.15, 0.2) is 0 Å². The third kappa shape index (κ3) is 2.82. The number of H-pyrrole nitrogens is 1. The molecule has 0 radical (unpaired) electrons. The van der Waals surface area contributed by atoms with Gasteiger partial charge in [0, 0.05) is 11.3 Å². The van der Waals surface area contributed by atoms with E-state index in [-0.39, 0.29) is 11.8 Å². The molecule has 1 saturated carbocycles. The number of rotatable bonds is 3. The van der Waals surface area contributed by atoms with Crippen molar-refractivity contribution in [2.45, 2.75) is 20.3 Å². The Bertz CT molecular complexity index is 1480. The molecule has 1 aromatic heterocycles. The van der Waals surface area contributed by atoms with E-state index in [1.165, 1.54) is 16.5 Å². The summed E-state index contributed by atoms with van der Waals surface area (Å²) in [5, 5.41) is 7.34. The van der Waals surface area contributed by atoms with Gasteiger partial charge in [-0.15, -0.1) is 0 Å². The molecule has 0 aliphatic heterocycles. The smallest absolute Gasteiger partial charge is 0.235 e. The highest BCUT2D eigenvalue weighted by atomic mass is 16.2. The number of nitrogens with zero attached hydrogens (tertiary/aromatic N) is 1. The van der Waals surface area contributed by atoms with Gasteiger partial charge < -0.3 is 10.3 Å². The zero-order valence-electron chi connectivity index (χ0n) is 17.6. The topological polar surface area (TPSA) is 57.8 Å². The van der Waals surface area contributed by atoms with E-state index >= 15 is 0 Å². The third-order valence-electron chi connectivity index (χ3n) is 6.73. The Labute approximate surface area is 180 Å². The predicted molar refractivity (Wildman–Crippen MR) is 125 cm³/mol. The second-order valence-electron chi connectivity index (χ2n) is 8.83. The molecule has 2 unspecified atom stereocenters. The van der Waals surface area contributed by atoms with E-state index in [1.54, 1.807) is 0 Å². The van der Waals surface area contributed by atoms with E-state index < -0.39 is 5.41 Å². The average Bonchev–Trinajstić information content (AvgIpc) is 3.34. The standard InChI is InChI=1S/C27H23N3O/c1-16-6-5-7-17(2)24(16)25-29-22-13-20-14-27(20,15-23(22)30-25)26(31)28-21-11-10-18-8-3-4-9-19(18)12-21/h3-13,15,20H,14H2,1-2H3,(H,28,31)(H,29,30). The first-order valence-corrected chi connectivity index (χ1v) is 10.7. The number of amides is 1. The van der Waals surface area contributed by atoms with Gasteiger partial charge in [0.25, 0.3) is 0 Å². The molecule has 152 valence electrons. The first kappa shape index (κ1) is 18.1. The van der Waals surface area contributed by atoms with Crippen LogP contribution in [0.4, 0.5) is 5.69 Å². The zero-order valence-corrected chi connectivity index (χ0v) is 17.6. The van der Waals surface area contributed by atoms with Crippen LogP contribution in [0.1, 0.15) is 17.5 Å². The Balaban J connectivity index is 1.34. The quantitative estimate of drug-likeness (QED) is 0.540. The van der Waals surface area contributed by atoms with E-state index in [1.807, 2.05) is 30.3 Å². The minimum atomic E-state index is -0.483. The van der Waals surface area contributed by atoms with Gasteiger partial charge in [-0.05, 0) is 66.3 Å². The second-order valence-corrected chi connectivity index (χ2v) is 8.83. The summed E-state index contributed by atoms with van der Waals surface area (Å²) < 4.78 is 0. The van der Waals surface area contributed by atoms with E-state index in [0.29, 0.717) is 0 Å². The van der Waals surface area contributed by atoms with Crippen molar-refractivity contribution >= 4 is 34.5 Å². The Morgan fingerprint density at radius 3 is 2.61 bits per heavy atom. The number of fused-ring (bicyclic) bond motifs is 3. The van der Waals surface area contributed by atoms with Crippen LogP contribution in [-0.4, -0.2) is 15.9 Å². The van der Waals surface area contributed by atoms with Crippen LogP contribution in [0.5, 0.6) is 0 Å². The summed E-state index contributed by atoms with van der Waals surface area (Å²) in [5.41, 5.74) is 3.88. The maximum atomic E-state index is 13.3. The number of aryl methyl sites for hydroxylation is 2. The summed E-state index contributed by atoms with van der Waals surface area (Å²) >= 11 is 0. The molecule has 3 aromatic carbocycles. The van der Waals surface area contributed by atoms with Crippen molar-refractivity contribution < 1.29 is 4.79 Å². The minimum absolute atomic E-state index is 0.0536. The van der Waals surface area contributed by atoms with Crippen molar-refractivity contribution in [3.05, 3.63) is 82.5 Å². The fraction of sp³-hybridized carbons (Fsp3) is 0.185. The molecule has 6 rings (SSSR count). The van der Waals surface area contributed by atoms with Crippen LogP contribution in [0.15, 0.2) is 60.7 Å². The number of carbonyl (C=O) groups excluding carboxylic acids is 1. The largest absolute Gasteiger partial charge is 0.338 e. The van der Waals surface area contributed by atoms with Crippen molar-refractivity contribution in [1.82, 2.24) is 9.97 Å². The lowest BCUT2D eigenvalue weighted by molar-refractivity contribution is -0.119. The number of aromatic amines is 1. The van der Waals surface area contributed by atoms with Crippen LogP contribution in [0.3, 0.4) is 0 Å². The number of imidazole rings is 1. The van der Waals surface area contributed by atoms with Gasteiger partial charge in [0.05, 0.1) is 16.1 Å². The summed E-state index contributed by atoms with van der Waals surface area (Å²) in [5.74, 6) is 1.13. The number of carbonyl (C=O) groups is 1. The fourth-order valence-corrected chi connectivity index (χ4v) is 4.91. The molecule has 0 saturated heterocycles. The maximum Gasteiger partial charge on any atom is 0.235 e. The van der Waals surface area contributed by atoms with Crippen LogP contribution in [0, 0.1) is 25.2 Å². The van der Waals surface area contributed by atoms with Crippen molar-refractivity contribution in [3.63, 3.8) is 0 Å². The Morgan fingerprint density at radius 2 is 1.81 bits per heavy atom. The van der Waals surface area contributed by atoms with E-state index in [9.17, 15) is 4.79 Å². The molecule has 4 aromatic rings. The number of benzene rings is 3. The molecule has 4 nitrogen and oxygen atoms in total. The van der Waals surface area contributed by atoms with Crippen LogP contribution in [-0.2, 0) is 4.79 Å². The molecule has 0 spiro atoms. The van der Waals surface area contributed by atoms with Crippen molar-refractivity contribution in [2.75, 3.05) is 5.32 Å². The maximum absolute atomic E-state index is 13.3. The van der Waals surface area contributed by atoms with Crippen molar-refractivity contribution in [2.24, 2.45) is 11.3 Å². The van der Waals surface area contributed by atoms with Gasteiger partial charge in [-0.25, -0.2) is 4.98 Å². The first-order valence-electron chi connectivity index (χ1n) is 10.7. The highest BCUT2D eigenvalue weighted by molar-refractivity contribution is 6.04. The lowest BCUT2D eigenvalue weighted by atomic mass is 9.98. The molecule has 1 amide bonds. The molecular formula is C27H23N3O. The second kappa shape index (κ2) is 6.42. The van der Waals surface area contributed by atoms with Gasteiger partial charge in [-0.3, -0.25) is 4.79 Å². The van der Waals surface area contributed by atoms with Crippen molar-refractivity contribution in [1.29, 1.82) is 0 Å². The number of nitrogens with one attached hydrogen (secondary N) is 2. The third-order valence-corrected chi connectivity index (χ3v) is 6.73. The number of aromatic nitrogens is 2. The van der Waals surface area contributed by atoms with Gasteiger partial charge in [-0.1, -0.05) is 54.6 Å². The van der Waals surface area contributed by atoms with Crippen LogP contribution in [0.25, 0.3) is 34.3 Å². The number of hydrogen-bond acceptors (Lipinski definition) is 2. The zero-order chi connectivity index (χ0) is 21.2. The van der Waals surface area contributed by atoms with E-state index in [2.05, 4.69) is 66.6 Å². The molecule has 2 atom stereocenters. The molecule has 2 aliphatic rings. The molecule has 4 heteroatoms. The van der Waals surface area contributed by atoms with Gasteiger partial charge in [0.1, 0.15) is 5.82 Å². The number of anilines is 1. The highest BCUT2D eigenvalue weighted by Gasteiger charge is 2.58. The molecule has 2 aliphatic carbocycles. The molecule has 31 heavy (non-hydrogen) atoms.